The Morgan fingerprint density at radius 2 is 1.97 bits per heavy atom. The molecule has 30 heavy (non-hydrogen) atoms. The van der Waals surface area contributed by atoms with E-state index in [0.717, 1.165) is 53.3 Å². The predicted molar refractivity (Wildman–Crippen MR) is 119 cm³/mol. The van der Waals surface area contributed by atoms with Crippen LogP contribution in [-0.2, 0) is 4.74 Å². The lowest BCUT2D eigenvalue weighted by atomic mass is 10.0. The highest BCUT2D eigenvalue weighted by atomic mass is 32.1. The quantitative estimate of drug-likeness (QED) is 0.414. The molecule has 4 aromatic rings. The number of aromatic hydroxyl groups is 2. The van der Waals surface area contributed by atoms with E-state index in [1.807, 2.05) is 12.4 Å². The van der Waals surface area contributed by atoms with Crippen molar-refractivity contribution in [3.8, 4) is 33.1 Å². The molecule has 1 atom stereocenters. The number of para-hydroxylation sites is 1. The predicted octanol–water partition coefficient (Wildman–Crippen LogP) is 4.76. The normalized spacial score (nSPS) is 16.2. The second kappa shape index (κ2) is 7.75. The Balaban J connectivity index is 1.50. The fraction of sp³-hybridized carbons (Fsp3) is 0.261. The summed E-state index contributed by atoms with van der Waals surface area (Å²) in [6.45, 7) is 5.75. The zero-order chi connectivity index (χ0) is 20.7. The lowest BCUT2D eigenvalue weighted by Crippen LogP contribution is -2.37. The highest BCUT2D eigenvalue weighted by molar-refractivity contribution is 7.15. The number of hydrogen-bond donors (Lipinski definition) is 3. The molecule has 0 radical (unpaired) electrons. The van der Waals surface area contributed by atoms with Gasteiger partial charge in [0.05, 0.1) is 13.2 Å². The molecule has 1 fully saturated rings. The van der Waals surface area contributed by atoms with Crippen molar-refractivity contribution in [1.82, 2.24) is 14.9 Å². The first-order valence-corrected chi connectivity index (χ1v) is 10.8. The largest absolute Gasteiger partial charge is 0.504 e. The molecule has 5 rings (SSSR count). The molecule has 1 aliphatic heterocycles. The summed E-state index contributed by atoms with van der Waals surface area (Å²) >= 11 is 1.78. The van der Waals surface area contributed by atoms with Crippen molar-refractivity contribution in [2.45, 2.75) is 13.0 Å². The molecule has 0 aliphatic carbocycles. The number of rotatable bonds is 4. The number of hydrogen-bond acceptors (Lipinski definition) is 6. The number of benzene rings is 1. The van der Waals surface area contributed by atoms with Crippen LogP contribution in [0.1, 0.15) is 17.8 Å². The zero-order valence-corrected chi connectivity index (χ0v) is 17.4. The Kier molecular flexibility index (Phi) is 4.94. The number of nitrogens with one attached hydrogen (secondary N) is 1. The molecule has 0 spiro atoms. The molecule has 3 N–H and O–H groups in total. The van der Waals surface area contributed by atoms with Crippen molar-refractivity contribution in [1.29, 1.82) is 0 Å². The minimum Gasteiger partial charge on any atom is -0.504 e. The van der Waals surface area contributed by atoms with Gasteiger partial charge in [0.1, 0.15) is 5.65 Å². The van der Waals surface area contributed by atoms with E-state index >= 15 is 0 Å². The van der Waals surface area contributed by atoms with Crippen LogP contribution in [0.3, 0.4) is 0 Å². The summed E-state index contributed by atoms with van der Waals surface area (Å²) < 4.78 is 5.47. The Bertz CT molecular complexity index is 1190. The van der Waals surface area contributed by atoms with Crippen LogP contribution in [0.5, 0.6) is 11.5 Å². The molecule has 7 heteroatoms. The van der Waals surface area contributed by atoms with E-state index < -0.39 is 0 Å². The van der Waals surface area contributed by atoms with Crippen molar-refractivity contribution in [2.75, 3.05) is 26.3 Å². The second-order valence-electron chi connectivity index (χ2n) is 7.52. The average Bonchev–Trinajstić information content (AvgIpc) is 3.43. The Hall–Kier alpha value is -2.87. The van der Waals surface area contributed by atoms with Gasteiger partial charge >= 0.3 is 0 Å². The van der Waals surface area contributed by atoms with E-state index in [0.29, 0.717) is 11.6 Å². The fourth-order valence-electron chi connectivity index (χ4n) is 3.99. The van der Waals surface area contributed by atoms with Gasteiger partial charge in [0.25, 0.3) is 0 Å². The van der Waals surface area contributed by atoms with E-state index in [-0.39, 0.29) is 11.5 Å². The van der Waals surface area contributed by atoms with E-state index in [2.05, 4.69) is 40.0 Å². The number of aromatic amines is 1. The van der Waals surface area contributed by atoms with Crippen molar-refractivity contribution in [3.63, 3.8) is 0 Å². The van der Waals surface area contributed by atoms with Gasteiger partial charge < -0.3 is 19.9 Å². The number of morpholine rings is 1. The minimum atomic E-state index is -0.133. The summed E-state index contributed by atoms with van der Waals surface area (Å²) in [7, 11) is 0. The SMILES string of the molecule is CC(c1ccc(-c2cnc3[nH]cc(-c4cccc(O)c4O)c3c2)s1)N1CCOCC1. The van der Waals surface area contributed by atoms with Gasteiger partial charge in [0.2, 0.25) is 0 Å². The zero-order valence-electron chi connectivity index (χ0n) is 16.6. The molecule has 0 saturated carbocycles. The first-order valence-electron chi connectivity index (χ1n) is 10.0. The van der Waals surface area contributed by atoms with Crippen molar-refractivity contribution < 1.29 is 14.9 Å². The summed E-state index contributed by atoms with van der Waals surface area (Å²) in [5.41, 5.74) is 3.17. The van der Waals surface area contributed by atoms with Gasteiger partial charge in [-0.2, -0.15) is 0 Å². The minimum absolute atomic E-state index is 0.124. The second-order valence-corrected chi connectivity index (χ2v) is 8.64. The van der Waals surface area contributed by atoms with Crippen LogP contribution in [0.15, 0.2) is 48.8 Å². The van der Waals surface area contributed by atoms with Crippen LogP contribution in [0, 0.1) is 0 Å². The average molecular weight is 422 g/mol. The third kappa shape index (κ3) is 3.35. The van der Waals surface area contributed by atoms with E-state index in [1.54, 1.807) is 23.5 Å². The topological polar surface area (TPSA) is 81.6 Å². The number of phenolic OH excluding ortho intramolecular Hbond substituents is 2. The van der Waals surface area contributed by atoms with Crippen LogP contribution >= 0.6 is 11.3 Å². The summed E-state index contributed by atoms with van der Waals surface area (Å²) in [5, 5.41) is 21.1. The Labute approximate surface area is 178 Å². The van der Waals surface area contributed by atoms with Crippen LogP contribution in [-0.4, -0.2) is 51.4 Å². The third-order valence-corrected chi connectivity index (χ3v) is 7.06. The molecule has 0 amide bonds. The molecule has 1 aliphatic rings. The maximum absolute atomic E-state index is 10.3. The van der Waals surface area contributed by atoms with Crippen LogP contribution in [0.25, 0.3) is 32.6 Å². The molecule has 1 saturated heterocycles. The summed E-state index contributed by atoms with van der Waals surface area (Å²) in [4.78, 5) is 12.7. The summed E-state index contributed by atoms with van der Waals surface area (Å²) in [5.74, 6) is -0.257. The number of H-pyrrole nitrogens is 1. The third-order valence-electron chi connectivity index (χ3n) is 5.75. The summed E-state index contributed by atoms with van der Waals surface area (Å²) in [6.07, 6.45) is 3.69. The number of pyridine rings is 1. The highest BCUT2D eigenvalue weighted by Gasteiger charge is 2.20. The molecule has 6 nitrogen and oxygen atoms in total. The number of ether oxygens (including phenoxy) is 1. The van der Waals surface area contributed by atoms with Gasteiger partial charge in [0.15, 0.2) is 11.5 Å². The number of thiophene rings is 1. The van der Waals surface area contributed by atoms with Crippen LogP contribution in [0.2, 0.25) is 0 Å². The van der Waals surface area contributed by atoms with Gasteiger partial charge in [-0.3, -0.25) is 4.90 Å². The molecule has 0 bridgehead atoms. The number of fused-ring (bicyclic) bond motifs is 1. The first kappa shape index (κ1) is 19.1. The molecule has 3 aromatic heterocycles. The molecule has 1 aromatic carbocycles. The smallest absolute Gasteiger partial charge is 0.165 e. The van der Waals surface area contributed by atoms with Crippen molar-refractivity contribution in [3.05, 3.63) is 53.7 Å². The van der Waals surface area contributed by atoms with E-state index in [1.165, 1.54) is 10.9 Å². The first-order chi connectivity index (χ1) is 14.6. The van der Waals surface area contributed by atoms with E-state index in [4.69, 9.17) is 4.74 Å². The molecule has 154 valence electrons. The maximum Gasteiger partial charge on any atom is 0.165 e. The number of nitrogens with zero attached hydrogens (tertiary/aromatic N) is 2. The molecule has 1 unspecified atom stereocenters. The van der Waals surface area contributed by atoms with Crippen molar-refractivity contribution >= 4 is 22.4 Å². The maximum atomic E-state index is 10.3. The molecular weight excluding hydrogens is 398 g/mol. The van der Waals surface area contributed by atoms with E-state index in [9.17, 15) is 10.2 Å². The van der Waals surface area contributed by atoms with Gasteiger partial charge in [-0.05, 0) is 31.2 Å². The lowest BCUT2D eigenvalue weighted by molar-refractivity contribution is 0.0205. The Morgan fingerprint density at radius 1 is 1.13 bits per heavy atom. The Morgan fingerprint density at radius 3 is 2.80 bits per heavy atom. The van der Waals surface area contributed by atoms with Crippen LogP contribution < -0.4 is 0 Å². The van der Waals surface area contributed by atoms with Gasteiger partial charge in [-0.15, -0.1) is 11.3 Å². The standard InChI is InChI=1S/C23H23N3O3S/c1-14(26-7-9-29-10-8-26)20-5-6-21(30-20)15-11-17-18(13-25-23(17)24-12-15)16-3-2-4-19(27)22(16)28/h2-6,11-14,27-28H,7-10H2,1H3,(H,24,25). The number of phenols is 2. The van der Waals surface area contributed by atoms with Gasteiger partial charge in [-0.1, -0.05) is 12.1 Å². The number of aromatic nitrogens is 2. The molecular formula is C23H23N3O3S. The molecule has 4 heterocycles. The fourth-order valence-corrected chi connectivity index (χ4v) is 5.06. The highest BCUT2D eigenvalue weighted by Crippen LogP contribution is 2.41. The van der Waals surface area contributed by atoms with Crippen LogP contribution in [0.4, 0.5) is 0 Å². The van der Waals surface area contributed by atoms with Crippen molar-refractivity contribution in [2.24, 2.45) is 0 Å². The lowest BCUT2D eigenvalue weighted by Gasteiger charge is -2.31. The van der Waals surface area contributed by atoms with Gasteiger partial charge in [0, 0.05) is 63.4 Å². The summed E-state index contributed by atoms with van der Waals surface area (Å²) in [6, 6.07) is 11.8. The monoisotopic (exact) mass is 421 g/mol. The van der Waals surface area contributed by atoms with Gasteiger partial charge in [-0.25, -0.2) is 4.98 Å².